The standard InChI is InChI=1S/C14H19F3S2/c1-4-11(2)7-5-8-13(12(3)14(15,16)17)18-9-6-10-19-13/h4,7H,1,3,5-6,8-10H2,2H3/b11-7+. The Bertz CT molecular complexity index is 363. The summed E-state index contributed by atoms with van der Waals surface area (Å²) in [6.07, 6.45) is 1.39. The lowest BCUT2D eigenvalue weighted by atomic mass is 10.1. The van der Waals surface area contributed by atoms with Crippen LogP contribution < -0.4 is 0 Å². The van der Waals surface area contributed by atoms with Crippen molar-refractivity contribution in [3.05, 3.63) is 36.5 Å². The fraction of sp³-hybridized carbons (Fsp3) is 0.571. The lowest BCUT2D eigenvalue weighted by molar-refractivity contribution is -0.0940. The molecule has 1 fully saturated rings. The molecule has 0 saturated carbocycles. The molecule has 19 heavy (non-hydrogen) atoms. The first-order valence-corrected chi connectivity index (χ1v) is 8.12. The second kappa shape index (κ2) is 6.93. The van der Waals surface area contributed by atoms with Crippen LogP contribution >= 0.6 is 23.5 Å². The average Bonchev–Trinajstić information content (AvgIpc) is 2.37. The SMILES string of the molecule is C=C/C(C)=C/CCC1(C(=C)C(F)(F)F)SCCCS1. The lowest BCUT2D eigenvalue weighted by Gasteiger charge is -2.38. The molecule has 1 saturated heterocycles. The highest BCUT2D eigenvalue weighted by molar-refractivity contribution is 8.19. The second-order valence-electron chi connectivity index (χ2n) is 4.47. The summed E-state index contributed by atoms with van der Waals surface area (Å²) < 4.78 is 38.0. The van der Waals surface area contributed by atoms with Crippen LogP contribution in [0.2, 0.25) is 0 Å². The molecule has 0 spiro atoms. The molecule has 0 bridgehead atoms. The van der Waals surface area contributed by atoms with E-state index in [1.165, 1.54) is 23.5 Å². The maximum Gasteiger partial charge on any atom is 0.414 e. The number of rotatable bonds is 5. The molecule has 0 unspecified atom stereocenters. The zero-order chi connectivity index (χ0) is 14.5. The van der Waals surface area contributed by atoms with Crippen LogP contribution in [-0.2, 0) is 0 Å². The van der Waals surface area contributed by atoms with Gasteiger partial charge < -0.3 is 0 Å². The second-order valence-corrected chi connectivity index (χ2v) is 7.52. The van der Waals surface area contributed by atoms with Crippen LogP contribution in [0.3, 0.4) is 0 Å². The predicted octanol–water partition coefficient (Wildman–Crippen LogP) is 5.58. The van der Waals surface area contributed by atoms with Crippen LogP contribution in [0, 0.1) is 0 Å². The molecule has 0 N–H and O–H groups in total. The third kappa shape index (κ3) is 4.63. The van der Waals surface area contributed by atoms with Crippen molar-refractivity contribution in [1.29, 1.82) is 0 Å². The normalized spacial score (nSPS) is 20.1. The highest BCUT2D eigenvalue weighted by Gasteiger charge is 2.48. The van der Waals surface area contributed by atoms with Gasteiger partial charge >= 0.3 is 6.18 Å². The van der Waals surface area contributed by atoms with E-state index in [1.807, 2.05) is 13.0 Å². The van der Waals surface area contributed by atoms with E-state index < -0.39 is 15.8 Å². The van der Waals surface area contributed by atoms with Gasteiger partial charge in [-0.3, -0.25) is 0 Å². The van der Waals surface area contributed by atoms with Crippen LogP contribution in [0.5, 0.6) is 0 Å². The summed E-state index contributed by atoms with van der Waals surface area (Å²) in [5.74, 6) is 1.54. The van der Waals surface area contributed by atoms with Gasteiger partial charge in [-0.15, -0.1) is 23.5 Å². The molecular formula is C14H19F3S2. The molecule has 1 aliphatic heterocycles. The van der Waals surface area contributed by atoms with Crippen molar-refractivity contribution < 1.29 is 13.2 Å². The predicted molar refractivity (Wildman–Crippen MR) is 80.6 cm³/mol. The smallest absolute Gasteiger partial charge is 0.166 e. The van der Waals surface area contributed by atoms with Crippen LogP contribution in [0.1, 0.15) is 26.2 Å². The summed E-state index contributed by atoms with van der Waals surface area (Å²) in [5.41, 5.74) is 0.401. The number of halogens is 3. The largest absolute Gasteiger partial charge is 0.414 e. The lowest BCUT2D eigenvalue weighted by Crippen LogP contribution is -2.34. The third-order valence-corrected chi connectivity index (χ3v) is 6.55. The van der Waals surface area contributed by atoms with Crippen molar-refractivity contribution in [3.8, 4) is 0 Å². The number of hydrogen-bond donors (Lipinski definition) is 0. The Balaban J connectivity index is 2.82. The molecule has 1 heterocycles. The summed E-state index contributed by atoms with van der Waals surface area (Å²) >= 11 is 2.79. The van der Waals surface area contributed by atoms with E-state index in [9.17, 15) is 13.2 Å². The van der Waals surface area contributed by atoms with Crippen molar-refractivity contribution in [2.75, 3.05) is 11.5 Å². The Kier molecular flexibility index (Phi) is 6.12. The minimum atomic E-state index is -4.31. The molecule has 0 amide bonds. The first-order chi connectivity index (χ1) is 8.82. The van der Waals surface area contributed by atoms with Gasteiger partial charge in [0.15, 0.2) is 0 Å². The van der Waals surface area contributed by atoms with E-state index in [2.05, 4.69) is 13.2 Å². The monoisotopic (exact) mass is 308 g/mol. The van der Waals surface area contributed by atoms with E-state index in [0.717, 1.165) is 23.5 Å². The molecule has 0 atom stereocenters. The quantitative estimate of drug-likeness (QED) is 0.480. The van der Waals surface area contributed by atoms with Gasteiger partial charge in [-0.2, -0.15) is 13.2 Å². The third-order valence-electron chi connectivity index (χ3n) is 3.02. The van der Waals surface area contributed by atoms with Crippen molar-refractivity contribution in [2.24, 2.45) is 0 Å². The number of alkyl halides is 3. The van der Waals surface area contributed by atoms with Gasteiger partial charge in [-0.05, 0) is 37.7 Å². The van der Waals surface area contributed by atoms with E-state index in [1.54, 1.807) is 6.08 Å². The molecule has 0 nitrogen and oxygen atoms in total. The van der Waals surface area contributed by atoms with E-state index in [4.69, 9.17) is 0 Å². The van der Waals surface area contributed by atoms with Gasteiger partial charge in [0.05, 0.1) is 9.65 Å². The summed E-state index contributed by atoms with van der Waals surface area (Å²) in [6.45, 7) is 8.88. The van der Waals surface area contributed by atoms with Gasteiger partial charge in [0, 0.05) is 0 Å². The molecule has 0 aromatic carbocycles. The zero-order valence-corrected chi connectivity index (χ0v) is 12.7. The van der Waals surface area contributed by atoms with Crippen molar-refractivity contribution >= 4 is 23.5 Å². The van der Waals surface area contributed by atoms with Crippen molar-refractivity contribution in [3.63, 3.8) is 0 Å². The fourth-order valence-electron chi connectivity index (χ4n) is 1.83. The Morgan fingerprint density at radius 2 is 1.89 bits per heavy atom. The molecule has 0 radical (unpaired) electrons. The first-order valence-electron chi connectivity index (χ1n) is 6.15. The topological polar surface area (TPSA) is 0 Å². The minimum absolute atomic E-state index is 0.464. The highest BCUT2D eigenvalue weighted by Crippen LogP contribution is 2.54. The first kappa shape index (κ1) is 16.8. The van der Waals surface area contributed by atoms with Crippen LogP contribution in [0.4, 0.5) is 13.2 Å². The van der Waals surface area contributed by atoms with Gasteiger partial charge in [0.2, 0.25) is 0 Å². The minimum Gasteiger partial charge on any atom is -0.166 e. The average molecular weight is 308 g/mol. The molecule has 0 aromatic rings. The van der Waals surface area contributed by atoms with Gasteiger partial charge in [0.1, 0.15) is 0 Å². The van der Waals surface area contributed by atoms with Crippen LogP contribution in [0.15, 0.2) is 36.5 Å². The van der Waals surface area contributed by atoms with Crippen LogP contribution in [0.25, 0.3) is 0 Å². The van der Waals surface area contributed by atoms with Crippen molar-refractivity contribution in [1.82, 2.24) is 0 Å². The number of thioether (sulfide) groups is 2. The van der Waals surface area contributed by atoms with E-state index in [-0.39, 0.29) is 0 Å². The van der Waals surface area contributed by atoms with E-state index >= 15 is 0 Å². The molecule has 1 rings (SSSR count). The molecular weight excluding hydrogens is 289 g/mol. The molecule has 5 heteroatoms. The van der Waals surface area contributed by atoms with Crippen LogP contribution in [-0.4, -0.2) is 21.8 Å². The van der Waals surface area contributed by atoms with Crippen molar-refractivity contribution in [2.45, 2.75) is 36.4 Å². The Morgan fingerprint density at radius 3 is 2.37 bits per heavy atom. The Morgan fingerprint density at radius 1 is 1.32 bits per heavy atom. The Hall–Kier alpha value is -0.290. The summed E-state index contributed by atoms with van der Waals surface area (Å²) in [5, 5.41) is 0. The van der Waals surface area contributed by atoms with Gasteiger partial charge in [-0.1, -0.05) is 30.9 Å². The van der Waals surface area contributed by atoms with Gasteiger partial charge in [-0.25, -0.2) is 0 Å². The molecule has 0 aliphatic carbocycles. The number of allylic oxidation sites excluding steroid dienone is 3. The zero-order valence-electron chi connectivity index (χ0n) is 11.1. The molecule has 108 valence electrons. The van der Waals surface area contributed by atoms with E-state index in [0.29, 0.717) is 12.8 Å². The fourth-order valence-corrected chi connectivity index (χ4v) is 5.19. The summed E-state index contributed by atoms with van der Waals surface area (Å²) in [7, 11) is 0. The molecule has 1 aliphatic rings. The number of hydrogen-bond acceptors (Lipinski definition) is 2. The summed E-state index contributed by atoms with van der Waals surface area (Å²) in [4.78, 5) is 0. The van der Waals surface area contributed by atoms with Gasteiger partial charge in [0.25, 0.3) is 0 Å². The maximum absolute atomic E-state index is 13.0. The molecule has 0 aromatic heterocycles. The Labute approximate surface area is 121 Å². The maximum atomic E-state index is 13.0. The summed E-state index contributed by atoms with van der Waals surface area (Å²) in [6, 6.07) is 0. The highest BCUT2D eigenvalue weighted by atomic mass is 32.2.